The Labute approximate surface area is 188 Å². The molecular formula is C27H28N2O3. The van der Waals surface area contributed by atoms with E-state index in [1.54, 1.807) is 12.1 Å². The van der Waals surface area contributed by atoms with Gasteiger partial charge >= 0.3 is 0 Å². The van der Waals surface area contributed by atoms with E-state index in [1.165, 1.54) is 11.1 Å². The zero-order valence-electron chi connectivity index (χ0n) is 18.3. The molecule has 164 valence electrons. The maximum atomic E-state index is 13.1. The lowest BCUT2D eigenvalue weighted by Gasteiger charge is -2.17. The number of rotatable bonds is 9. The van der Waals surface area contributed by atoms with Crippen molar-refractivity contribution in [2.24, 2.45) is 0 Å². The van der Waals surface area contributed by atoms with Crippen molar-refractivity contribution >= 4 is 11.6 Å². The summed E-state index contributed by atoms with van der Waals surface area (Å²) in [5.41, 5.74) is 7.04. The van der Waals surface area contributed by atoms with E-state index in [1.807, 2.05) is 24.3 Å². The van der Waals surface area contributed by atoms with Gasteiger partial charge in [0.15, 0.2) is 0 Å². The summed E-state index contributed by atoms with van der Waals surface area (Å²) in [6.07, 6.45) is 4.68. The van der Waals surface area contributed by atoms with E-state index in [9.17, 15) is 14.9 Å². The van der Waals surface area contributed by atoms with Gasteiger partial charge in [-0.25, -0.2) is 0 Å². The molecule has 5 nitrogen and oxygen atoms in total. The second kappa shape index (κ2) is 9.77. The number of carbonyl (C=O) groups excluding carboxylic acids is 1. The fourth-order valence-corrected chi connectivity index (χ4v) is 4.61. The maximum absolute atomic E-state index is 13.1. The van der Waals surface area contributed by atoms with Gasteiger partial charge in [0.1, 0.15) is 0 Å². The van der Waals surface area contributed by atoms with Gasteiger partial charge in [0, 0.05) is 18.7 Å². The molecule has 1 atom stereocenters. The van der Waals surface area contributed by atoms with Crippen LogP contribution in [-0.2, 0) is 17.6 Å². The van der Waals surface area contributed by atoms with Crippen LogP contribution in [0.3, 0.4) is 0 Å². The van der Waals surface area contributed by atoms with Gasteiger partial charge < -0.3 is 5.32 Å². The molecule has 0 aliphatic heterocycles. The molecule has 0 fully saturated rings. The van der Waals surface area contributed by atoms with Crippen LogP contribution < -0.4 is 5.32 Å². The molecule has 1 aliphatic carbocycles. The highest BCUT2D eigenvalue weighted by Gasteiger charge is 2.35. The van der Waals surface area contributed by atoms with Gasteiger partial charge in [-0.1, -0.05) is 61.5 Å². The average molecular weight is 429 g/mol. The Hall–Kier alpha value is -3.47. The molecule has 4 rings (SSSR count). The highest BCUT2D eigenvalue weighted by atomic mass is 16.6. The number of non-ortho nitro benzene ring substituents is 1. The molecule has 1 unspecified atom stereocenters. The Balaban J connectivity index is 1.49. The predicted octanol–water partition coefficient (Wildman–Crippen LogP) is 5.80. The first-order valence-electron chi connectivity index (χ1n) is 11.3. The third-order valence-electron chi connectivity index (χ3n) is 6.17. The summed E-state index contributed by atoms with van der Waals surface area (Å²) in [6.45, 7) is 2.75. The van der Waals surface area contributed by atoms with Crippen molar-refractivity contribution in [3.8, 4) is 11.1 Å². The minimum Gasteiger partial charge on any atom is -0.355 e. The van der Waals surface area contributed by atoms with E-state index in [2.05, 4.69) is 42.6 Å². The molecule has 0 heterocycles. The van der Waals surface area contributed by atoms with Crippen LogP contribution in [0.2, 0.25) is 0 Å². The SMILES string of the molecule is CCCNC(=O)C1c2ccccc2-c2cccc(CCCCc3ccc([N+](=O)[O-])cc3)c21. The van der Waals surface area contributed by atoms with Crippen LogP contribution in [0.1, 0.15) is 54.4 Å². The van der Waals surface area contributed by atoms with E-state index in [-0.39, 0.29) is 22.4 Å². The maximum Gasteiger partial charge on any atom is 0.269 e. The summed E-state index contributed by atoms with van der Waals surface area (Å²) < 4.78 is 0. The number of unbranched alkanes of at least 4 members (excludes halogenated alkanes) is 1. The fraction of sp³-hybridized carbons (Fsp3) is 0.296. The second-order valence-corrected chi connectivity index (χ2v) is 8.32. The third-order valence-corrected chi connectivity index (χ3v) is 6.17. The van der Waals surface area contributed by atoms with E-state index in [0.717, 1.165) is 54.4 Å². The number of nitro groups is 1. The number of benzene rings is 3. The standard InChI is InChI=1S/C27H28N2O3/c1-2-18-28-27(30)26-24-12-6-5-11-22(24)23-13-7-10-20(25(23)26)9-4-3-8-19-14-16-21(17-15-19)29(31)32/h5-7,10-17,26H,2-4,8-9,18H2,1H3,(H,28,30). The van der Waals surface area contributed by atoms with Crippen molar-refractivity contribution in [1.82, 2.24) is 5.32 Å². The van der Waals surface area contributed by atoms with Gasteiger partial charge in [-0.05, 0) is 65.5 Å². The number of fused-ring (bicyclic) bond motifs is 3. The van der Waals surface area contributed by atoms with E-state index in [0.29, 0.717) is 6.54 Å². The van der Waals surface area contributed by atoms with E-state index >= 15 is 0 Å². The number of nitrogens with one attached hydrogen (secondary N) is 1. The number of carbonyl (C=O) groups is 1. The van der Waals surface area contributed by atoms with Crippen LogP contribution in [0, 0.1) is 10.1 Å². The van der Waals surface area contributed by atoms with Gasteiger partial charge in [-0.3, -0.25) is 14.9 Å². The molecular weight excluding hydrogens is 400 g/mol. The fourth-order valence-electron chi connectivity index (χ4n) is 4.61. The van der Waals surface area contributed by atoms with Crippen LogP contribution in [0.15, 0.2) is 66.7 Å². The van der Waals surface area contributed by atoms with Gasteiger partial charge in [0.25, 0.3) is 5.69 Å². The van der Waals surface area contributed by atoms with Crippen LogP contribution in [0.25, 0.3) is 11.1 Å². The molecule has 0 bridgehead atoms. The number of amides is 1. The average Bonchev–Trinajstić information content (AvgIpc) is 3.16. The quantitative estimate of drug-likeness (QED) is 0.266. The molecule has 3 aromatic rings. The van der Waals surface area contributed by atoms with Crippen molar-refractivity contribution in [2.75, 3.05) is 6.54 Å². The Morgan fingerprint density at radius 1 is 0.938 bits per heavy atom. The normalized spacial score (nSPS) is 14.0. The van der Waals surface area contributed by atoms with Crippen LogP contribution in [0.4, 0.5) is 5.69 Å². The van der Waals surface area contributed by atoms with E-state index < -0.39 is 0 Å². The summed E-state index contributed by atoms with van der Waals surface area (Å²) in [6, 6.07) is 21.4. The smallest absolute Gasteiger partial charge is 0.269 e. The van der Waals surface area contributed by atoms with Crippen molar-refractivity contribution in [1.29, 1.82) is 0 Å². The molecule has 1 N–H and O–H groups in total. The number of nitrogens with zero attached hydrogens (tertiary/aromatic N) is 1. The van der Waals surface area contributed by atoms with Crippen molar-refractivity contribution in [3.05, 3.63) is 99.1 Å². The Morgan fingerprint density at radius 2 is 1.66 bits per heavy atom. The van der Waals surface area contributed by atoms with E-state index in [4.69, 9.17) is 0 Å². The number of aryl methyl sites for hydroxylation is 2. The van der Waals surface area contributed by atoms with Crippen molar-refractivity contribution in [3.63, 3.8) is 0 Å². The zero-order valence-corrected chi connectivity index (χ0v) is 18.3. The molecule has 0 spiro atoms. The Bertz CT molecular complexity index is 1120. The molecule has 5 heteroatoms. The molecule has 0 radical (unpaired) electrons. The first-order valence-corrected chi connectivity index (χ1v) is 11.3. The lowest BCUT2D eigenvalue weighted by molar-refractivity contribution is -0.384. The van der Waals surface area contributed by atoms with Crippen LogP contribution >= 0.6 is 0 Å². The summed E-state index contributed by atoms with van der Waals surface area (Å²) in [5, 5.41) is 13.9. The van der Waals surface area contributed by atoms with Gasteiger partial charge in [-0.2, -0.15) is 0 Å². The number of nitro benzene ring substituents is 1. The topological polar surface area (TPSA) is 72.2 Å². The minimum absolute atomic E-state index is 0.0800. The molecule has 3 aromatic carbocycles. The molecule has 0 saturated heterocycles. The lowest BCUT2D eigenvalue weighted by atomic mass is 9.89. The van der Waals surface area contributed by atoms with Gasteiger partial charge in [0.05, 0.1) is 10.8 Å². The van der Waals surface area contributed by atoms with Gasteiger partial charge in [-0.15, -0.1) is 0 Å². The summed E-state index contributed by atoms with van der Waals surface area (Å²) >= 11 is 0. The number of hydrogen-bond donors (Lipinski definition) is 1. The van der Waals surface area contributed by atoms with Crippen molar-refractivity contribution < 1.29 is 9.72 Å². The lowest BCUT2D eigenvalue weighted by Crippen LogP contribution is -2.30. The summed E-state index contributed by atoms with van der Waals surface area (Å²) in [7, 11) is 0. The monoisotopic (exact) mass is 428 g/mol. The molecule has 1 amide bonds. The minimum atomic E-state index is -0.370. The van der Waals surface area contributed by atoms with Crippen LogP contribution in [0.5, 0.6) is 0 Å². The molecule has 0 aromatic heterocycles. The second-order valence-electron chi connectivity index (χ2n) is 8.32. The molecule has 32 heavy (non-hydrogen) atoms. The highest BCUT2D eigenvalue weighted by Crippen LogP contribution is 2.46. The molecule has 1 aliphatic rings. The Kier molecular flexibility index (Phi) is 6.64. The third kappa shape index (κ3) is 4.42. The van der Waals surface area contributed by atoms with Crippen molar-refractivity contribution in [2.45, 2.75) is 44.9 Å². The zero-order chi connectivity index (χ0) is 22.5. The molecule has 0 saturated carbocycles. The Morgan fingerprint density at radius 3 is 2.41 bits per heavy atom. The summed E-state index contributed by atoms with van der Waals surface area (Å²) in [4.78, 5) is 23.6. The largest absolute Gasteiger partial charge is 0.355 e. The summed E-state index contributed by atoms with van der Waals surface area (Å²) in [5.74, 6) is -0.171. The highest BCUT2D eigenvalue weighted by molar-refractivity contribution is 5.96. The predicted molar refractivity (Wildman–Crippen MR) is 127 cm³/mol. The first kappa shape index (κ1) is 21.8. The first-order chi connectivity index (χ1) is 15.6. The van der Waals surface area contributed by atoms with Crippen LogP contribution in [-0.4, -0.2) is 17.4 Å². The number of hydrogen-bond acceptors (Lipinski definition) is 3. The van der Waals surface area contributed by atoms with Gasteiger partial charge in [0.2, 0.25) is 5.91 Å².